The molecule has 24 heavy (non-hydrogen) atoms. The highest BCUT2D eigenvalue weighted by Crippen LogP contribution is 2.66. The van der Waals surface area contributed by atoms with Gasteiger partial charge < -0.3 is 10.2 Å². The minimum Gasteiger partial charge on any atom is -0.515 e. The van der Waals surface area contributed by atoms with Gasteiger partial charge in [-0.1, -0.05) is 26.0 Å². The average Bonchev–Trinajstić information content (AvgIpc) is 2.77. The van der Waals surface area contributed by atoms with Crippen LogP contribution in [0.25, 0.3) is 0 Å². The molecule has 0 aliphatic heterocycles. The van der Waals surface area contributed by atoms with Crippen molar-refractivity contribution >= 4 is 5.78 Å². The first-order valence-corrected chi connectivity index (χ1v) is 9.23. The van der Waals surface area contributed by atoms with E-state index in [-0.39, 0.29) is 16.6 Å². The van der Waals surface area contributed by atoms with Crippen molar-refractivity contribution in [3.63, 3.8) is 0 Å². The Labute approximate surface area is 144 Å². The van der Waals surface area contributed by atoms with Gasteiger partial charge in [0.2, 0.25) is 0 Å². The molecule has 0 bridgehead atoms. The highest BCUT2D eigenvalue weighted by Gasteiger charge is 2.61. The maximum atomic E-state index is 12.1. The molecule has 0 aromatic rings. The van der Waals surface area contributed by atoms with Crippen molar-refractivity contribution in [2.45, 2.75) is 58.5 Å². The normalized spacial score (nSPS) is 51.8. The van der Waals surface area contributed by atoms with Gasteiger partial charge in [-0.05, 0) is 73.8 Å². The summed E-state index contributed by atoms with van der Waals surface area (Å²) in [5.41, 5.74) is 0.967. The standard InChI is InChI=1S/C21H28O3/c1-19-11-13(12-22)18(23)10-14(19)4-5-15-16(19)6-8-20(2)17(15)7-9-21(20,3)24/h4-5,10,12,15-17,22,24H,6-9,11H2,1-3H3/b13-12-/t15-,16+,17+,19+,20+,21+/m1/s1. The fourth-order valence-corrected chi connectivity index (χ4v) is 6.34. The van der Waals surface area contributed by atoms with Crippen LogP contribution in [-0.4, -0.2) is 21.6 Å². The largest absolute Gasteiger partial charge is 0.515 e. The Morgan fingerprint density at radius 3 is 2.58 bits per heavy atom. The van der Waals surface area contributed by atoms with Crippen LogP contribution in [0.2, 0.25) is 0 Å². The zero-order valence-electron chi connectivity index (χ0n) is 14.9. The van der Waals surface area contributed by atoms with E-state index in [0.717, 1.165) is 37.5 Å². The average molecular weight is 328 g/mol. The van der Waals surface area contributed by atoms with E-state index in [1.165, 1.54) is 0 Å². The van der Waals surface area contributed by atoms with Crippen LogP contribution >= 0.6 is 0 Å². The SMILES string of the molecule is C[C@]12C/C(=C/O)C(=O)C=C1C=C[C@@H]1[C@@H]2CC[C@@]2(C)[C@H]1CC[C@]2(C)O. The lowest BCUT2D eigenvalue weighted by molar-refractivity contribution is -0.114. The quantitative estimate of drug-likeness (QED) is 0.520. The molecule has 3 nitrogen and oxygen atoms in total. The third-order valence-electron chi connectivity index (χ3n) is 8.19. The second-order valence-electron chi connectivity index (χ2n) is 9.13. The molecule has 4 aliphatic carbocycles. The Balaban J connectivity index is 1.77. The van der Waals surface area contributed by atoms with E-state index in [0.29, 0.717) is 29.7 Å². The topological polar surface area (TPSA) is 57.5 Å². The third-order valence-corrected chi connectivity index (χ3v) is 8.19. The molecule has 0 heterocycles. The van der Waals surface area contributed by atoms with Gasteiger partial charge in [0.25, 0.3) is 0 Å². The van der Waals surface area contributed by atoms with Crippen molar-refractivity contribution in [3.8, 4) is 0 Å². The Kier molecular flexibility index (Phi) is 3.26. The van der Waals surface area contributed by atoms with E-state index in [1.54, 1.807) is 6.08 Å². The molecule has 0 aromatic heterocycles. The zero-order valence-corrected chi connectivity index (χ0v) is 14.9. The molecular weight excluding hydrogens is 300 g/mol. The molecule has 2 fully saturated rings. The van der Waals surface area contributed by atoms with Gasteiger partial charge in [-0.2, -0.15) is 0 Å². The van der Waals surface area contributed by atoms with Crippen LogP contribution in [0.4, 0.5) is 0 Å². The lowest BCUT2D eigenvalue weighted by atomic mass is 9.48. The minimum absolute atomic E-state index is 0.0176. The number of fused-ring (bicyclic) bond motifs is 5. The Morgan fingerprint density at radius 2 is 1.88 bits per heavy atom. The van der Waals surface area contributed by atoms with Gasteiger partial charge in [-0.15, -0.1) is 0 Å². The van der Waals surface area contributed by atoms with Gasteiger partial charge in [0.05, 0.1) is 11.9 Å². The monoisotopic (exact) mass is 328 g/mol. The molecule has 4 rings (SSSR count). The zero-order chi connectivity index (χ0) is 17.3. The number of rotatable bonds is 0. The number of hydrogen-bond donors (Lipinski definition) is 2. The highest BCUT2D eigenvalue weighted by atomic mass is 16.3. The van der Waals surface area contributed by atoms with E-state index in [4.69, 9.17) is 0 Å². The molecule has 6 atom stereocenters. The summed E-state index contributed by atoms with van der Waals surface area (Å²) >= 11 is 0. The fourth-order valence-electron chi connectivity index (χ4n) is 6.34. The number of allylic oxidation sites excluding steroid dienone is 5. The van der Waals surface area contributed by atoms with E-state index in [9.17, 15) is 15.0 Å². The summed E-state index contributed by atoms with van der Waals surface area (Å²) in [5, 5.41) is 20.4. The second-order valence-corrected chi connectivity index (χ2v) is 9.13. The van der Waals surface area contributed by atoms with Crippen molar-refractivity contribution in [2.75, 3.05) is 0 Å². The minimum atomic E-state index is -0.577. The number of hydrogen-bond acceptors (Lipinski definition) is 3. The smallest absolute Gasteiger partial charge is 0.185 e. The van der Waals surface area contributed by atoms with Gasteiger partial charge >= 0.3 is 0 Å². The molecule has 0 aromatic carbocycles. The highest BCUT2D eigenvalue weighted by molar-refractivity contribution is 6.05. The first kappa shape index (κ1) is 16.1. The molecule has 0 amide bonds. The second kappa shape index (κ2) is 4.85. The Morgan fingerprint density at radius 1 is 1.17 bits per heavy atom. The maximum absolute atomic E-state index is 12.1. The van der Waals surface area contributed by atoms with Crippen molar-refractivity contribution in [3.05, 3.63) is 35.6 Å². The van der Waals surface area contributed by atoms with E-state index < -0.39 is 5.60 Å². The van der Waals surface area contributed by atoms with Crippen LogP contribution in [0.15, 0.2) is 35.6 Å². The van der Waals surface area contributed by atoms with Crippen LogP contribution < -0.4 is 0 Å². The number of aliphatic hydroxyl groups is 2. The molecule has 0 unspecified atom stereocenters. The molecule has 3 heteroatoms. The molecule has 0 spiro atoms. The fraction of sp³-hybridized carbons (Fsp3) is 0.667. The van der Waals surface area contributed by atoms with Gasteiger partial charge in [-0.3, -0.25) is 4.79 Å². The van der Waals surface area contributed by atoms with Crippen molar-refractivity contribution < 1.29 is 15.0 Å². The number of aliphatic hydroxyl groups excluding tert-OH is 1. The summed E-state index contributed by atoms with van der Waals surface area (Å²) in [7, 11) is 0. The lowest BCUT2D eigenvalue weighted by Gasteiger charge is -2.57. The van der Waals surface area contributed by atoms with Gasteiger partial charge in [-0.25, -0.2) is 0 Å². The summed E-state index contributed by atoms with van der Waals surface area (Å²) in [6, 6.07) is 0. The summed E-state index contributed by atoms with van der Waals surface area (Å²) in [6.45, 7) is 6.54. The predicted octanol–water partition coefficient (Wildman–Crippen LogP) is 4.10. The van der Waals surface area contributed by atoms with Crippen molar-refractivity contribution in [1.82, 2.24) is 0 Å². The van der Waals surface area contributed by atoms with Gasteiger partial charge in [0.15, 0.2) is 5.78 Å². The van der Waals surface area contributed by atoms with Crippen molar-refractivity contribution in [2.24, 2.45) is 28.6 Å². The lowest BCUT2D eigenvalue weighted by Crippen LogP contribution is -2.53. The Bertz CT molecular complexity index is 683. The molecule has 2 saturated carbocycles. The van der Waals surface area contributed by atoms with Crippen molar-refractivity contribution in [1.29, 1.82) is 0 Å². The number of carbonyl (C=O) groups is 1. The molecule has 4 aliphatic rings. The number of carbonyl (C=O) groups excluding carboxylic acids is 1. The van der Waals surface area contributed by atoms with Gasteiger partial charge in [0, 0.05) is 11.0 Å². The summed E-state index contributed by atoms with van der Waals surface area (Å²) < 4.78 is 0. The van der Waals surface area contributed by atoms with Crippen LogP contribution in [-0.2, 0) is 4.79 Å². The molecule has 0 saturated heterocycles. The molecule has 2 N–H and O–H groups in total. The van der Waals surface area contributed by atoms with Crippen LogP contribution in [0.5, 0.6) is 0 Å². The summed E-state index contributed by atoms with van der Waals surface area (Å²) in [4.78, 5) is 12.1. The predicted molar refractivity (Wildman–Crippen MR) is 93.3 cm³/mol. The summed E-state index contributed by atoms with van der Waals surface area (Å²) in [5.74, 6) is 1.37. The van der Waals surface area contributed by atoms with E-state index in [1.807, 2.05) is 6.92 Å². The first-order valence-electron chi connectivity index (χ1n) is 9.23. The third kappa shape index (κ3) is 1.85. The van der Waals surface area contributed by atoms with Crippen LogP contribution in [0.3, 0.4) is 0 Å². The molecule has 0 radical (unpaired) electrons. The van der Waals surface area contributed by atoms with Gasteiger partial charge in [0.1, 0.15) is 0 Å². The number of ketones is 1. The maximum Gasteiger partial charge on any atom is 0.185 e. The molecular formula is C21H28O3. The summed E-state index contributed by atoms with van der Waals surface area (Å²) in [6.07, 6.45) is 11.9. The van der Waals surface area contributed by atoms with Crippen LogP contribution in [0, 0.1) is 28.6 Å². The molecule has 130 valence electrons. The van der Waals surface area contributed by atoms with E-state index in [2.05, 4.69) is 26.0 Å². The first-order chi connectivity index (χ1) is 11.2. The van der Waals surface area contributed by atoms with E-state index >= 15 is 0 Å². The Hall–Kier alpha value is -1.35. The van der Waals surface area contributed by atoms with Crippen LogP contribution in [0.1, 0.15) is 52.9 Å².